The highest BCUT2D eigenvalue weighted by atomic mass is 19.1. The highest BCUT2D eigenvalue weighted by Gasteiger charge is 2.23. The molecule has 1 aromatic carbocycles. The summed E-state index contributed by atoms with van der Waals surface area (Å²) in [5.41, 5.74) is 5.81. The molecule has 0 atom stereocenters. The monoisotopic (exact) mass is 414 g/mol. The zero-order chi connectivity index (χ0) is 21.8. The van der Waals surface area contributed by atoms with Crippen molar-refractivity contribution in [1.29, 1.82) is 0 Å². The number of nitrogens with zero attached hydrogens (tertiary/aromatic N) is 2. The van der Waals surface area contributed by atoms with E-state index in [0.717, 1.165) is 39.8 Å². The quantitative estimate of drug-likeness (QED) is 0.410. The number of benzene rings is 1. The van der Waals surface area contributed by atoms with Gasteiger partial charge in [-0.15, -0.1) is 0 Å². The fourth-order valence-corrected chi connectivity index (χ4v) is 3.75. The maximum atomic E-state index is 14.6. The summed E-state index contributed by atoms with van der Waals surface area (Å²) in [6, 6.07) is 15.8. The van der Waals surface area contributed by atoms with Crippen molar-refractivity contribution >= 4 is 31.1 Å². The molecule has 31 heavy (non-hydrogen) atoms. The lowest BCUT2D eigenvalue weighted by atomic mass is 9.90. The van der Waals surface area contributed by atoms with Gasteiger partial charge in [-0.2, -0.15) is 4.58 Å². The van der Waals surface area contributed by atoms with Crippen LogP contribution in [-0.4, -0.2) is 40.5 Å². The van der Waals surface area contributed by atoms with Gasteiger partial charge in [0.15, 0.2) is 0 Å². The van der Waals surface area contributed by atoms with E-state index in [9.17, 15) is 4.32 Å². The third-order valence-corrected chi connectivity index (χ3v) is 5.30. The SMILES string of the molecule is CCOc1ccc(/C=C/c2ccc(C=C3C=CC(c4ccc[nH]4)=[N+]3C)n2B(C)F)cc1. The van der Waals surface area contributed by atoms with E-state index in [0.29, 0.717) is 6.61 Å². The highest BCUT2D eigenvalue weighted by molar-refractivity contribution is 6.48. The molecule has 0 aliphatic carbocycles. The van der Waals surface area contributed by atoms with E-state index < -0.39 is 7.12 Å². The number of nitrogens with one attached hydrogen (secondary N) is 1. The molecule has 0 spiro atoms. The minimum absolute atomic E-state index is 0.643. The Hall–Kier alpha value is -3.54. The number of halogens is 1. The number of aromatic amines is 1. The van der Waals surface area contributed by atoms with Crippen molar-refractivity contribution < 1.29 is 13.6 Å². The summed E-state index contributed by atoms with van der Waals surface area (Å²) in [5, 5.41) is 0. The summed E-state index contributed by atoms with van der Waals surface area (Å²) < 4.78 is 23.8. The molecule has 0 radical (unpaired) electrons. The summed E-state index contributed by atoms with van der Waals surface area (Å²) in [6.07, 6.45) is 12.0. The van der Waals surface area contributed by atoms with Gasteiger partial charge in [0, 0.05) is 35.8 Å². The number of hydrogen-bond donors (Lipinski definition) is 1. The predicted molar refractivity (Wildman–Crippen MR) is 127 cm³/mol. The smallest absolute Gasteiger partial charge is 0.462 e. The van der Waals surface area contributed by atoms with Crippen LogP contribution in [-0.2, 0) is 0 Å². The average Bonchev–Trinajstić information content (AvgIpc) is 3.49. The molecule has 0 unspecified atom stereocenters. The lowest BCUT2D eigenvalue weighted by molar-refractivity contribution is -0.432. The minimum atomic E-state index is -1.15. The van der Waals surface area contributed by atoms with Crippen molar-refractivity contribution in [1.82, 2.24) is 9.46 Å². The molecule has 0 fully saturated rings. The first-order valence-corrected chi connectivity index (χ1v) is 10.5. The molecule has 2 aromatic heterocycles. The van der Waals surface area contributed by atoms with Gasteiger partial charge < -0.3 is 18.5 Å². The number of ether oxygens (including phenoxy) is 1. The Morgan fingerprint density at radius 2 is 1.84 bits per heavy atom. The van der Waals surface area contributed by atoms with Crippen LogP contribution in [0.3, 0.4) is 0 Å². The van der Waals surface area contributed by atoms with Crippen LogP contribution in [0.15, 0.2) is 72.6 Å². The Labute approximate surface area is 182 Å². The topological polar surface area (TPSA) is 33.0 Å². The molecule has 0 amide bonds. The summed E-state index contributed by atoms with van der Waals surface area (Å²) in [6.45, 7) is 4.16. The third-order valence-electron chi connectivity index (χ3n) is 5.30. The van der Waals surface area contributed by atoms with Crippen LogP contribution in [0.2, 0.25) is 6.82 Å². The van der Waals surface area contributed by atoms with Gasteiger partial charge >= 0.3 is 7.12 Å². The standard InChI is InChI=1S/C25H25BFN3O/c1-4-31-23-14-8-19(9-15-23)7-10-20-11-12-22(30(20)26(2)27)18-21-13-16-25(29(21)3)24-6-5-17-28-24/h5-18H,4H2,1-3H3/p+1/b10-7+,21-18?. The van der Waals surface area contributed by atoms with Gasteiger partial charge in [0.25, 0.3) is 0 Å². The lowest BCUT2D eigenvalue weighted by Crippen LogP contribution is -2.17. The van der Waals surface area contributed by atoms with Gasteiger partial charge in [-0.1, -0.05) is 18.2 Å². The second-order valence-electron chi connectivity index (χ2n) is 7.39. The van der Waals surface area contributed by atoms with Crippen LogP contribution in [0.25, 0.3) is 18.2 Å². The van der Waals surface area contributed by atoms with Crippen molar-refractivity contribution in [2.45, 2.75) is 13.7 Å². The summed E-state index contributed by atoms with van der Waals surface area (Å²) in [4.78, 5) is 3.23. The van der Waals surface area contributed by atoms with E-state index in [1.807, 2.05) is 93.0 Å². The molecule has 3 heterocycles. The van der Waals surface area contributed by atoms with Crippen LogP contribution in [0.1, 0.15) is 29.6 Å². The van der Waals surface area contributed by atoms with Crippen molar-refractivity contribution in [3.05, 3.63) is 95.2 Å². The van der Waals surface area contributed by atoms with Crippen molar-refractivity contribution in [2.75, 3.05) is 13.7 Å². The molecule has 0 saturated heterocycles. The second kappa shape index (κ2) is 9.08. The zero-order valence-electron chi connectivity index (χ0n) is 18.0. The minimum Gasteiger partial charge on any atom is -0.494 e. The van der Waals surface area contributed by atoms with Crippen LogP contribution in [0.4, 0.5) is 4.32 Å². The van der Waals surface area contributed by atoms with E-state index in [-0.39, 0.29) is 0 Å². The second-order valence-corrected chi connectivity index (χ2v) is 7.39. The Morgan fingerprint density at radius 1 is 1.06 bits per heavy atom. The number of allylic oxidation sites excluding steroid dienone is 2. The van der Waals surface area contributed by atoms with Gasteiger partial charge in [-0.3, -0.25) is 0 Å². The lowest BCUT2D eigenvalue weighted by Gasteiger charge is -2.08. The molecular formula is C25H26BFN3O+. The van der Waals surface area contributed by atoms with Crippen molar-refractivity contribution in [2.24, 2.45) is 0 Å². The first-order chi connectivity index (χ1) is 15.1. The maximum absolute atomic E-state index is 14.6. The normalized spacial score (nSPS) is 14.9. The fraction of sp³-hybridized carbons (Fsp3) is 0.160. The largest absolute Gasteiger partial charge is 0.494 e. The molecule has 6 heteroatoms. The van der Waals surface area contributed by atoms with E-state index in [1.165, 1.54) is 0 Å². The maximum Gasteiger partial charge on any atom is 0.462 e. The third kappa shape index (κ3) is 4.48. The number of H-pyrrole nitrogens is 1. The number of hydrogen-bond acceptors (Lipinski definition) is 1. The summed E-state index contributed by atoms with van der Waals surface area (Å²) >= 11 is 0. The molecule has 1 N–H and O–H groups in total. The van der Waals surface area contributed by atoms with Crippen LogP contribution >= 0.6 is 0 Å². The van der Waals surface area contributed by atoms with Gasteiger partial charge in [-0.25, -0.2) is 0 Å². The van der Waals surface area contributed by atoms with Gasteiger partial charge in [0.1, 0.15) is 18.5 Å². The number of aromatic nitrogens is 2. The van der Waals surface area contributed by atoms with Crippen LogP contribution in [0.5, 0.6) is 5.75 Å². The van der Waals surface area contributed by atoms with E-state index in [4.69, 9.17) is 4.74 Å². The molecule has 3 aromatic rings. The number of likely N-dealkylation sites (N-methyl/N-ethyl adjacent to an activating group) is 1. The average molecular weight is 414 g/mol. The molecule has 1 aliphatic heterocycles. The van der Waals surface area contributed by atoms with Crippen LogP contribution in [0, 0.1) is 0 Å². The Morgan fingerprint density at radius 3 is 2.52 bits per heavy atom. The Balaban J connectivity index is 1.61. The Bertz CT molecular complexity index is 1170. The van der Waals surface area contributed by atoms with Crippen LogP contribution < -0.4 is 4.74 Å². The number of rotatable bonds is 7. The van der Waals surface area contributed by atoms with Crippen molar-refractivity contribution in [3.8, 4) is 5.75 Å². The Kier molecular flexibility index (Phi) is 6.07. The zero-order valence-corrected chi connectivity index (χ0v) is 18.0. The predicted octanol–water partition coefficient (Wildman–Crippen LogP) is 5.36. The first-order valence-electron chi connectivity index (χ1n) is 10.5. The molecule has 4 rings (SSSR count). The van der Waals surface area contributed by atoms with Crippen molar-refractivity contribution in [3.63, 3.8) is 0 Å². The molecule has 0 saturated carbocycles. The van der Waals surface area contributed by atoms with Gasteiger partial charge in [-0.05, 0) is 61.8 Å². The van der Waals surface area contributed by atoms with Gasteiger partial charge in [0.2, 0.25) is 11.4 Å². The summed E-state index contributed by atoms with van der Waals surface area (Å²) in [5.74, 6) is 0.846. The fourth-order valence-electron chi connectivity index (χ4n) is 3.75. The van der Waals surface area contributed by atoms with E-state index >= 15 is 0 Å². The van der Waals surface area contributed by atoms with E-state index in [1.54, 1.807) is 11.3 Å². The van der Waals surface area contributed by atoms with E-state index in [2.05, 4.69) is 15.6 Å². The molecule has 156 valence electrons. The molecule has 0 bridgehead atoms. The highest BCUT2D eigenvalue weighted by Crippen LogP contribution is 2.21. The first kappa shape index (κ1) is 20.7. The molecule has 4 nitrogen and oxygen atoms in total. The summed E-state index contributed by atoms with van der Waals surface area (Å²) in [7, 11) is 0.866. The molecule has 1 aliphatic rings. The van der Waals surface area contributed by atoms with Gasteiger partial charge in [0.05, 0.1) is 6.61 Å². The molecular weight excluding hydrogens is 388 g/mol.